The number of aliphatic hydroxyl groups excluding tert-OH is 1. The minimum Gasteiger partial charge on any atom is -0.390 e. The van der Waals surface area contributed by atoms with Crippen molar-refractivity contribution in [3.05, 3.63) is 35.6 Å². The molecule has 0 aliphatic carbocycles. The second kappa shape index (κ2) is 5.80. The number of hydrogen-bond acceptors (Lipinski definition) is 3. The smallest absolute Gasteiger partial charge is 0.123 e. The molecule has 0 aliphatic rings. The molecular weight excluding hydrogens is 195 g/mol. The molecule has 1 rings (SSSR count). The lowest BCUT2D eigenvalue weighted by atomic mass is 10.2. The van der Waals surface area contributed by atoms with Gasteiger partial charge >= 0.3 is 0 Å². The predicted molar refractivity (Wildman–Crippen MR) is 57.8 cm³/mol. The van der Waals surface area contributed by atoms with Crippen molar-refractivity contribution in [3.8, 4) is 0 Å². The third-order valence-electron chi connectivity index (χ3n) is 2.14. The highest BCUT2D eigenvalue weighted by Gasteiger charge is 2.06. The van der Waals surface area contributed by atoms with Crippen LogP contribution in [0.25, 0.3) is 0 Å². The van der Waals surface area contributed by atoms with E-state index in [4.69, 9.17) is 5.73 Å². The van der Waals surface area contributed by atoms with Crippen LogP contribution in [0.5, 0.6) is 0 Å². The van der Waals surface area contributed by atoms with Crippen molar-refractivity contribution in [2.45, 2.75) is 12.6 Å². The van der Waals surface area contributed by atoms with E-state index in [1.54, 1.807) is 6.07 Å². The first kappa shape index (κ1) is 12.1. The van der Waals surface area contributed by atoms with Crippen LogP contribution in [0.15, 0.2) is 24.3 Å². The van der Waals surface area contributed by atoms with E-state index < -0.39 is 6.10 Å². The quantitative estimate of drug-likeness (QED) is 0.750. The van der Waals surface area contributed by atoms with Crippen molar-refractivity contribution in [2.75, 3.05) is 20.1 Å². The van der Waals surface area contributed by atoms with Crippen LogP contribution in [0.2, 0.25) is 0 Å². The second-order valence-electron chi connectivity index (χ2n) is 3.72. The summed E-state index contributed by atoms with van der Waals surface area (Å²) in [5.74, 6) is -0.236. The largest absolute Gasteiger partial charge is 0.390 e. The fraction of sp³-hybridized carbons (Fsp3) is 0.455. The fourth-order valence-corrected chi connectivity index (χ4v) is 1.45. The summed E-state index contributed by atoms with van der Waals surface area (Å²) in [6.07, 6.45) is -0.524. The molecule has 0 saturated carbocycles. The fourth-order valence-electron chi connectivity index (χ4n) is 1.45. The van der Waals surface area contributed by atoms with E-state index in [9.17, 15) is 9.50 Å². The number of nitrogens with zero attached hydrogens (tertiary/aromatic N) is 1. The van der Waals surface area contributed by atoms with Crippen molar-refractivity contribution >= 4 is 0 Å². The SMILES string of the molecule is CN(Cc1cccc(F)c1)CC(O)CN. The van der Waals surface area contributed by atoms with Gasteiger partial charge in [0.05, 0.1) is 6.10 Å². The van der Waals surface area contributed by atoms with Crippen LogP contribution in [-0.2, 0) is 6.54 Å². The Bertz CT molecular complexity index is 306. The summed E-state index contributed by atoms with van der Waals surface area (Å²) in [5, 5.41) is 9.32. The van der Waals surface area contributed by atoms with E-state index in [1.807, 2.05) is 18.0 Å². The highest BCUT2D eigenvalue weighted by Crippen LogP contribution is 2.06. The molecule has 0 aliphatic heterocycles. The Kier molecular flexibility index (Phi) is 4.68. The summed E-state index contributed by atoms with van der Waals surface area (Å²) in [6.45, 7) is 1.34. The van der Waals surface area contributed by atoms with Crippen molar-refractivity contribution in [1.82, 2.24) is 4.90 Å². The molecule has 3 N–H and O–H groups in total. The van der Waals surface area contributed by atoms with Gasteiger partial charge in [0.1, 0.15) is 5.82 Å². The summed E-state index contributed by atoms with van der Waals surface area (Å²) < 4.78 is 12.9. The van der Waals surface area contributed by atoms with Crippen molar-refractivity contribution in [1.29, 1.82) is 0 Å². The number of aliphatic hydroxyl groups is 1. The number of rotatable bonds is 5. The minimum atomic E-state index is -0.524. The van der Waals surface area contributed by atoms with E-state index >= 15 is 0 Å². The molecule has 0 radical (unpaired) electrons. The number of likely N-dealkylation sites (N-methyl/N-ethyl adjacent to an activating group) is 1. The summed E-state index contributed by atoms with van der Waals surface area (Å²) in [7, 11) is 1.86. The number of halogens is 1. The summed E-state index contributed by atoms with van der Waals surface area (Å²) >= 11 is 0. The van der Waals surface area contributed by atoms with Gasteiger partial charge < -0.3 is 10.8 Å². The molecule has 0 amide bonds. The molecule has 1 aromatic rings. The lowest BCUT2D eigenvalue weighted by molar-refractivity contribution is 0.129. The molecule has 1 unspecified atom stereocenters. The van der Waals surface area contributed by atoms with E-state index in [2.05, 4.69) is 0 Å². The van der Waals surface area contributed by atoms with Gasteiger partial charge in [-0.25, -0.2) is 4.39 Å². The van der Waals surface area contributed by atoms with Gasteiger partial charge in [-0.3, -0.25) is 4.90 Å². The van der Waals surface area contributed by atoms with Crippen LogP contribution >= 0.6 is 0 Å². The maximum absolute atomic E-state index is 12.9. The Morgan fingerprint density at radius 1 is 1.53 bits per heavy atom. The molecule has 4 heteroatoms. The monoisotopic (exact) mass is 212 g/mol. The Balaban J connectivity index is 2.47. The summed E-state index contributed by atoms with van der Waals surface area (Å²) in [6, 6.07) is 6.44. The van der Waals surface area contributed by atoms with Gasteiger partial charge in [0, 0.05) is 19.6 Å². The molecule has 15 heavy (non-hydrogen) atoms. The third kappa shape index (κ3) is 4.38. The maximum atomic E-state index is 12.9. The van der Waals surface area contributed by atoms with Crippen molar-refractivity contribution in [2.24, 2.45) is 5.73 Å². The molecule has 0 bridgehead atoms. The number of benzene rings is 1. The first-order chi connectivity index (χ1) is 7.11. The average Bonchev–Trinajstić information content (AvgIpc) is 2.17. The molecule has 0 saturated heterocycles. The van der Waals surface area contributed by atoms with Crippen molar-refractivity contribution < 1.29 is 9.50 Å². The normalized spacial score (nSPS) is 13.1. The van der Waals surface area contributed by atoms with Crippen LogP contribution in [0.3, 0.4) is 0 Å². The van der Waals surface area contributed by atoms with Crippen molar-refractivity contribution in [3.63, 3.8) is 0 Å². The lowest BCUT2D eigenvalue weighted by Gasteiger charge is -2.19. The Morgan fingerprint density at radius 2 is 2.27 bits per heavy atom. The zero-order valence-electron chi connectivity index (χ0n) is 8.86. The van der Waals surface area contributed by atoms with E-state index in [1.165, 1.54) is 12.1 Å². The van der Waals surface area contributed by atoms with Gasteiger partial charge in [0.2, 0.25) is 0 Å². The predicted octanol–water partition coefficient (Wildman–Crippen LogP) is 0.577. The first-order valence-electron chi connectivity index (χ1n) is 4.93. The Hall–Kier alpha value is -0.970. The first-order valence-corrected chi connectivity index (χ1v) is 4.93. The van der Waals surface area contributed by atoms with Crippen LogP contribution in [0, 0.1) is 5.82 Å². The molecule has 0 spiro atoms. The molecule has 0 heterocycles. The third-order valence-corrected chi connectivity index (χ3v) is 2.14. The molecule has 1 aromatic carbocycles. The van der Waals surface area contributed by atoms with E-state index in [0.29, 0.717) is 13.1 Å². The summed E-state index contributed by atoms with van der Waals surface area (Å²) in [5.41, 5.74) is 6.19. The molecule has 0 aromatic heterocycles. The van der Waals surface area contributed by atoms with E-state index in [0.717, 1.165) is 5.56 Å². The summed E-state index contributed by atoms with van der Waals surface area (Å²) in [4.78, 5) is 1.91. The zero-order valence-corrected chi connectivity index (χ0v) is 8.86. The van der Waals surface area contributed by atoms with Crippen LogP contribution in [0.1, 0.15) is 5.56 Å². The standard InChI is InChI=1S/C11H17FN2O/c1-14(8-11(15)6-13)7-9-3-2-4-10(12)5-9/h2-5,11,15H,6-8,13H2,1H3. The molecular formula is C11H17FN2O. The van der Waals surface area contributed by atoms with Gasteiger partial charge in [-0.2, -0.15) is 0 Å². The average molecular weight is 212 g/mol. The lowest BCUT2D eigenvalue weighted by Crippen LogP contribution is -2.33. The topological polar surface area (TPSA) is 49.5 Å². The van der Waals surface area contributed by atoms with Gasteiger partial charge in [-0.05, 0) is 24.7 Å². The van der Waals surface area contributed by atoms with Crippen LogP contribution < -0.4 is 5.73 Å². The molecule has 1 atom stereocenters. The zero-order chi connectivity index (χ0) is 11.3. The highest BCUT2D eigenvalue weighted by molar-refractivity contribution is 5.15. The number of hydrogen-bond donors (Lipinski definition) is 2. The van der Waals surface area contributed by atoms with Gasteiger partial charge in [-0.15, -0.1) is 0 Å². The van der Waals surface area contributed by atoms with Gasteiger partial charge in [-0.1, -0.05) is 12.1 Å². The second-order valence-corrected chi connectivity index (χ2v) is 3.72. The maximum Gasteiger partial charge on any atom is 0.123 e. The molecule has 0 fully saturated rings. The van der Waals surface area contributed by atoms with Gasteiger partial charge in [0.15, 0.2) is 0 Å². The molecule has 84 valence electrons. The van der Waals surface area contributed by atoms with Crippen LogP contribution in [-0.4, -0.2) is 36.2 Å². The van der Waals surface area contributed by atoms with Crippen LogP contribution in [0.4, 0.5) is 4.39 Å². The Labute approximate surface area is 89.3 Å². The van der Waals surface area contributed by atoms with Gasteiger partial charge in [0.25, 0.3) is 0 Å². The highest BCUT2D eigenvalue weighted by atomic mass is 19.1. The Morgan fingerprint density at radius 3 is 2.87 bits per heavy atom. The minimum absolute atomic E-state index is 0.236. The molecule has 3 nitrogen and oxygen atoms in total. The number of nitrogens with two attached hydrogens (primary N) is 1. The van der Waals surface area contributed by atoms with E-state index in [-0.39, 0.29) is 12.4 Å².